The van der Waals surface area contributed by atoms with Crippen LogP contribution in [0.2, 0.25) is 0 Å². The summed E-state index contributed by atoms with van der Waals surface area (Å²) in [6, 6.07) is 0. The summed E-state index contributed by atoms with van der Waals surface area (Å²) < 4.78 is 27.8. The molecule has 0 bridgehead atoms. The van der Waals surface area contributed by atoms with Crippen LogP contribution in [0.25, 0.3) is 0 Å². The Morgan fingerprint density at radius 2 is 2.15 bits per heavy atom. The Balaban J connectivity index is 2.19. The second-order valence-electron chi connectivity index (χ2n) is 4.57. The van der Waals surface area contributed by atoms with Crippen LogP contribution in [0.3, 0.4) is 0 Å². The molecule has 3 N–H and O–H groups in total. The van der Waals surface area contributed by atoms with Crippen LogP contribution < -0.4 is 10.0 Å². The molecule has 0 saturated heterocycles. The van der Waals surface area contributed by atoms with Gasteiger partial charge in [0.15, 0.2) is 0 Å². The van der Waals surface area contributed by atoms with E-state index in [4.69, 9.17) is 0 Å². The minimum absolute atomic E-state index is 0.417. The van der Waals surface area contributed by atoms with Gasteiger partial charge in [-0.05, 0) is 25.9 Å². The quantitative estimate of drug-likeness (QED) is 0.506. The van der Waals surface area contributed by atoms with Crippen LogP contribution >= 0.6 is 0 Å². The van der Waals surface area contributed by atoms with Crippen molar-refractivity contribution in [3.8, 4) is 0 Å². The van der Waals surface area contributed by atoms with Crippen LogP contribution in [-0.4, -0.2) is 55.9 Å². The van der Waals surface area contributed by atoms with Gasteiger partial charge in [-0.3, -0.25) is 0 Å². The zero-order chi connectivity index (χ0) is 14.8. The monoisotopic (exact) mass is 303 g/mol. The van der Waals surface area contributed by atoms with E-state index in [1.165, 1.54) is 4.31 Å². The summed E-state index contributed by atoms with van der Waals surface area (Å²) in [5.41, 5.74) is 0. The summed E-state index contributed by atoms with van der Waals surface area (Å²) in [5.74, 6) is 0.878. The average molecular weight is 303 g/mol. The second kappa shape index (κ2) is 9.06. The fourth-order valence-corrected chi connectivity index (χ4v) is 2.72. The van der Waals surface area contributed by atoms with Crippen molar-refractivity contribution in [2.24, 2.45) is 0 Å². The zero-order valence-electron chi connectivity index (χ0n) is 12.2. The number of aryl methyl sites for hydroxylation is 1. The van der Waals surface area contributed by atoms with Gasteiger partial charge in [-0.15, -0.1) is 0 Å². The Morgan fingerprint density at radius 3 is 2.80 bits per heavy atom. The molecular formula is C12H25N5O2S. The highest BCUT2D eigenvalue weighted by molar-refractivity contribution is 7.87. The first-order chi connectivity index (χ1) is 9.56. The number of imidazole rings is 1. The highest BCUT2D eigenvalue weighted by Crippen LogP contribution is 1.98. The summed E-state index contributed by atoms with van der Waals surface area (Å²) in [4.78, 5) is 7.08. The van der Waals surface area contributed by atoms with Crippen molar-refractivity contribution < 1.29 is 8.42 Å². The van der Waals surface area contributed by atoms with E-state index >= 15 is 0 Å². The molecule has 0 amide bonds. The number of nitrogens with zero attached hydrogens (tertiary/aromatic N) is 2. The van der Waals surface area contributed by atoms with Gasteiger partial charge in [-0.25, -0.2) is 9.71 Å². The molecule has 116 valence electrons. The number of rotatable bonds is 11. The molecule has 0 saturated carbocycles. The maximum atomic E-state index is 11.9. The predicted octanol–water partition coefficient (Wildman–Crippen LogP) is 0.108. The van der Waals surface area contributed by atoms with E-state index in [1.54, 1.807) is 19.4 Å². The van der Waals surface area contributed by atoms with E-state index in [2.05, 4.69) is 20.0 Å². The van der Waals surface area contributed by atoms with Gasteiger partial charge >= 0.3 is 0 Å². The van der Waals surface area contributed by atoms with Gasteiger partial charge in [-0.1, -0.05) is 6.92 Å². The largest absolute Gasteiger partial charge is 0.349 e. The van der Waals surface area contributed by atoms with Crippen LogP contribution in [0.1, 0.15) is 25.6 Å². The average Bonchev–Trinajstić information content (AvgIpc) is 2.92. The molecule has 0 aliphatic carbocycles. The molecular weight excluding hydrogens is 278 g/mol. The summed E-state index contributed by atoms with van der Waals surface area (Å²) in [6.45, 7) is 4.69. The molecule has 0 fully saturated rings. The first kappa shape index (κ1) is 17.1. The Hall–Kier alpha value is -0.960. The van der Waals surface area contributed by atoms with Gasteiger partial charge in [0.25, 0.3) is 10.2 Å². The predicted molar refractivity (Wildman–Crippen MR) is 79.6 cm³/mol. The molecule has 0 aromatic carbocycles. The topological polar surface area (TPSA) is 90.1 Å². The van der Waals surface area contributed by atoms with Gasteiger partial charge in [0.1, 0.15) is 5.82 Å². The Bertz CT molecular complexity index is 446. The van der Waals surface area contributed by atoms with E-state index in [0.717, 1.165) is 38.2 Å². The minimum atomic E-state index is -3.36. The third-order valence-electron chi connectivity index (χ3n) is 2.92. The van der Waals surface area contributed by atoms with E-state index in [0.29, 0.717) is 13.1 Å². The standard InChI is InChI=1S/C12H25N5O2S/c1-3-13-7-5-11-17(2)20(18,19)16-8-4-6-12-14-9-10-15-12/h9-10,13,16H,3-8,11H2,1-2H3,(H,14,15). The Kier molecular flexibility index (Phi) is 7.75. The first-order valence-corrected chi connectivity index (χ1v) is 8.40. The van der Waals surface area contributed by atoms with Gasteiger partial charge < -0.3 is 10.3 Å². The molecule has 8 heteroatoms. The first-order valence-electron chi connectivity index (χ1n) is 6.96. The third-order valence-corrected chi connectivity index (χ3v) is 4.49. The third kappa shape index (κ3) is 6.47. The molecule has 20 heavy (non-hydrogen) atoms. The lowest BCUT2D eigenvalue weighted by Crippen LogP contribution is -2.39. The summed E-state index contributed by atoms with van der Waals surface area (Å²) in [6.07, 6.45) is 5.71. The summed E-state index contributed by atoms with van der Waals surface area (Å²) in [5, 5.41) is 3.17. The number of hydrogen-bond acceptors (Lipinski definition) is 4. The number of hydrogen-bond donors (Lipinski definition) is 3. The lowest BCUT2D eigenvalue weighted by atomic mass is 10.3. The maximum Gasteiger partial charge on any atom is 0.279 e. The van der Waals surface area contributed by atoms with Crippen LogP contribution in [0, 0.1) is 0 Å². The van der Waals surface area contributed by atoms with Crippen LogP contribution in [0.4, 0.5) is 0 Å². The molecule has 0 spiro atoms. The lowest BCUT2D eigenvalue weighted by Gasteiger charge is -2.17. The smallest absolute Gasteiger partial charge is 0.279 e. The van der Waals surface area contributed by atoms with Crippen molar-refractivity contribution in [3.05, 3.63) is 18.2 Å². The highest BCUT2D eigenvalue weighted by Gasteiger charge is 2.15. The fourth-order valence-electron chi connectivity index (χ4n) is 1.73. The second-order valence-corrected chi connectivity index (χ2v) is 6.43. The molecule has 0 aliphatic heterocycles. The van der Waals surface area contributed by atoms with Crippen LogP contribution in [0.5, 0.6) is 0 Å². The number of H-pyrrole nitrogens is 1. The van der Waals surface area contributed by atoms with Gasteiger partial charge in [0.2, 0.25) is 0 Å². The molecule has 0 aliphatic rings. The van der Waals surface area contributed by atoms with E-state index in [9.17, 15) is 8.42 Å². The molecule has 1 aromatic rings. The lowest BCUT2D eigenvalue weighted by molar-refractivity contribution is 0.445. The van der Waals surface area contributed by atoms with Crippen molar-refractivity contribution in [1.29, 1.82) is 0 Å². The van der Waals surface area contributed by atoms with E-state index in [1.807, 2.05) is 6.92 Å². The molecule has 0 atom stereocenters. The van der Waals surface area contributed by atoms with E-state index < -0.39 is 10.2 Å². The molecule has 0 radical (unpaired) electrons. The molecule has 1 rings (SSSR count). The van der Waals surface area contributed by atoms with Crippen molar-refractivity contribution in [2.45, 2.75) is 26.2 Å². The normalized spacial score (nSPS) is 12.2. The molecule has 7 nitrogen and oxygen atoms in total. The maximum absolute atomic E-state index is 11.9. The van der Waals surface area contributed by atoms with Gasteiger partial charge in [-0.2, -0.15) is 12.7 Å². The van der Waals surface area contributed by atoms with Crippen LogP contribution in [-0.2, 0) is 16.6 Å². The van der Waals surface area contributed by atoms with Crippen molar-refractivity contribution in [1.82, 2.24) is 24.3 Å². The Morgan fingerprint density at radius 1 is 1.35 bits per heavy atom. The number of aromatic nitrogens is 2. The highest BCUT2D eigenvalue weighted by atomic mass is 32.2. The fraction of sp³-hybridized carbons (Fsp3) is 0.750. The van der Waals surface area contributed by atoms with Crippen molar-refractivity contribution >= 4 is 10.2 Å². The number of nitrogens with one attached hydrogen (secondary N) is 3. The van der Waals surface area contributed by atoms with Crippen molar-refractivity contribution in [3.63, 3.8) is 0 Å². The summed E-state index contributed by atoms with van der Waals surface area (Å²) >= 11 is 0. The minimum Gasteiger partial charge on any atom is -0.349 e. The molecule has 1 heterocycles. The molecule has 1 aromatic heterocycles. The summed E-state index contributed by atoms with van der Waals surface area (Å²) in [7, 11) is -1.77. The Labute approximate surface area is 121 Å². The molecule has 0 unspecified atom stereocenters. The SMILES string of the molecule is CCNCCCN(C)S(=O)(=O)NCCCc1ncc[nH]1. The van der Waals surface area contributed by atoms with Crippen LogP contribution in [0.15, 0.2) is 12.4 Å². The van der Waals surface area contributed by atoms with E-state index in [-0.39, 0.29) is 0 Å². The van der Waals surface area contributed by atoms with Gasteiger partial charge in [0.05, 0.1) is 0 Å². The zero-order valence-corrected chi connectivity index (χ0v) is 13.0. The van der Waals surface area contributed by atoms with Crippen molar-refractivity contribution in [2.75, 3.05) is 33.2 Å². The number of aromatic amines is 1. The van der Waals surface area contributed by atoms with Gasteiger partial charge in [0, 0.05) is 39.0 Å².